The molecule has 0 bridgehead atoms. The molecule has 30 heavy (non-hydrogen) atoms. The molecule has 1 atom stereocenters. The topological polar surface area (TPSA) is 103 Å². The molecular weight excluding hydrogens is 374 g/mol. The second-order valence-corrected chi connectivity index (χ2v) is 8.51. The Morgan fingerprint density at radius 3 is 2.83 bits per heavy atom. The van der Waals surface area contributed by atoms with Crippen molar-refractivity contribution in [3.8, 4) is 6.07 Å². The highest BCUT2D eigenvalue weighted by Crippen LogP contribution is 2.28. The van der Waals surface area contributed by atoms with Crippen LogP contribution in [0, 0.1) is 17.2 Å². The molecule has 4 N–H and O–H groups in total. The van der Waals surface area contributed by atoms with E-state index in [1.807, 2.05) is 0 Å². The lowest BCUT2D eigenvalue weighted by molar-refractivity contribution is 0.414. The predicted octanol–water partition coefficient (Wildman–Crippen LogP) is 3.59. The molecule has 1 saturated heterocycles. The number of aryl methyl sites for hydroxylation is 1. The molecule has 2 fully saturated rings. The van der Waals surface area contributed by atoms with E-state index in [-0.39, 0.29) is 0 Å². The monoisotopic (exact) mass is 405 g/mol. The number of nitriles is 1. The van der Waals surface area contributed by atoms with E-state index < -0.39 is 0 Å². The fourth-order valence-corrected chi connectivity index (χ4v) is 4.01. The van der Waals surface area contributed by atoms with Crippen LogP contribution in [0.25, 0.3) is 0 Å². The molecular formula is C23H31N7. The minimum absolute atomic E-state index is 0.517. The van der Waals surface area contributed by atoms with E-state index in [0.29, 0.717) is 23.2 Å². The van der Waals surface area contributed by atoms with E-state index in [4.69, 9.17) is 15.7 Å². The Morgan fingerprint density at radius 2 is 2.07 bits per heavy atom. The number of nitrogens with zero attached hydrogens (tertiary/aromatic N) is 4. The van der Waals surface area contributed by atoms with Gasteiger partial charge in [0.25, 0.3) is 0 Å². The third kappa shape index (κ3) is 5.39. The molecule has 7 nitrogen and oxygen atoms in total. The Hall–Kier alpha value is -2.85. The van der Waals surface area contributed by atoms with Gasteiger partial charge in [-0.1, -0.05) is 13.3 Å². The van der Waals surface area contributed by atoms with Gasteiger partial charge in [0.15, 0.2) is 0 Å². The zero-order valence-corrected chi connectivity index (χ0v) is 17.7. The summed E-state index contributed by atoms with van der Waals surface area (Å²) in [5, 5.41) is 16.2. The first-order chi connectivity index (χ1) is 14.6. The molecule has 1 aliphatic heterocycles. The van der Waals surface area contributed by atoms with Crippen LogP contribution in [-0.4, -0.2) is 35.6 Å². The number of hydrogen-bond acceptors (Lipinski definition) is 7. The fourth-order valence-electron chi connectivity index (χ4n) is 4.01. The number of piperidine rings is 1. The van der Waals surface area contributed by atoms with Crippen molar-refractivity contribution in [2.75, 3.05) is 35.6 Å². The molecule has 7 heteroatoms. The second-order valence-electron chi connectivity index (χ2n) is 8.51. The van der Waals surface area contributed by atoms with Crippen LogP contribution in [-0.2, 0) is 6.42 Å². The van der Waals surface area contributed by atoms with Crippen LogP contribution < -0.4 is 21.3 Å². The van der Waals surface area contributed by atoms with Gasteiger partial charge in [0.05, 0.1) is 11.6 Å². The summed E-state index contributed by atoms with van der Waals surface area (Å²) in [6.07, 6.45) is 7.07. The average Bonchev–Trinajstić information content (AvgIpc) is 3.57. The van der Waals surface area contributed by atoms with Gasteiger partial charge in [0, 0.05) is 42.3 Å². The average molecular weight is 406 g/mol. The van der Waals surface area contributed by atoms with Gasteiger partial charge in [-0.05, 0) is 62.8 Å². The third-order valence-electron chi connectivity index (χ3n) is 5.75. The maximum atomic E-state index is 9.21. The van der Waals surface area contributed by atoms with Gasteiger partial charge in [0.2, 0.25) is 5.95 Å². The Balaban J connectivity index is 1.53. The largest absolute Gasteiger partial charge is 0.399 e. The number of nitrogens with two attached hydrogens (primary N) is 1. The van der Waals surface area contributed by atoms with Crippen molar-refractivity contribution in [2.45, 2.75) is 51.5 Å². The summed E-state index contributed by atoms with van der Waals surface area (Å²) in [6.45, 7) is 5.30. The van der Waals surface area contributed by atoms with Crippen LogP contribution in [0.3, 0.4) is 0 Å². The first-order valence-corrected chi connectivity index (χ1v) is 11.1. The van der Waals surface area contributed by atoms with Crippen molar-refractivity contribution in [3.63, 3.8) is 0 Å². The van der Waals surface area contributed by atoms with Gasteiger partial charge in [-0.15, -0.1) is 0 Å². The summed E-state index contributed by atoms with van der Waals surface area (Å²) < 4.78 is 0. The lowest BCUT2D eigenvalue weighted by Gasteiger charge is -2.34. The van der Waals surface area contributed by atoms with Crippen molar-refractivity contribution >= 4 is 23.1 Å². The van der Waals surface area contributed by atoms with Crippen molar-refractivity contribution in [3.05, 3.63) is 35.5 Å². The number of benzene rings is 1. The molecule has 0 radical (unpaired) electrons. The highest BCUT2D eigenvalue weighted by molar-refractivity contribution is 5.64. The van der Waals surface area contributed by atoms with Gasteiger partial charge in [-0.2, -0.15) is 10.2 Å². The molecule has 1 aliphatic carbocycles. The summed E-state index contributed by atoms with van der Waals surface area (Å²) in [5.74, 6) is 2.42. The SMILES string of the molecule is CCCc1cc(N2CCCC(NCC3CC3)C2)nc(Nc2cc(N)cc(C#N)c2)n1. The molecule has 2 aliphatic rings. The minimum atomic E-state index is 0.517. The normalized spacial score (nSPS) is 18.8. The molecule has 1 aromatic carbocycles. The quantitative estimate of drug-likeness (QED) is 0.577. The van der Waals surface area contributed by atoms with Crippen LogP contribution in [0.1, 0.15) is 50.3 Å². The molecule has 2 heterocycles. The van der Waals surface area contributed by atoms with Crippen LogP contribution >= 0.6 is 0 Å². The molecule has 158 valence electrons. The number of anilines is 4. The smallest absolute Gasteiger partial charge is 0.229 e. The Bertz CT molecular complexity index is 916. The van der Waals surface area contributed by atoms with Crippen LogP contribution in [0.4, 0.5) is 23.1 Å². The third-order valence-corrected chi connectivity index (χ3v) is 5.75. The molecule has 2 aromatic rings. The number of aromatic nitrogens is 2. The molecule has 4 rings (SSSR count). The number of hydrogen-bond donors (Lipinski definition) is 3. The first kappa shape index (κ1) is 20.4. The van der Waals surface area contributed by atoms with Crippen LogP contribution in [0.2, 0.25) is 0 Å². The highest BCUT2D eigenvalue weighted by Gasteiger charge is 2.25. The van der Waals surface area contributed by atoms with Crippen molar-refractivity contribution < 1.29 is 0 Å². The van der Waals surface area contributed by atoms with Gasteiger partial charge in [-0.3, -0.25) is 0 Å². The Morgan fingerprint density at radius 1 is 1.20 bits per heavy atom. The minimum Gasteiger partial charge on any atom is -0.399 e. The van der Waals surface area contributed by atoms with E-state index >= 15 is 0 Å². The molecule has 1 aromatic heterocycles. The first-order valence-electron chi connectivity index (χ1n) is 11.1. The van der Waals surface area contributed by atoms with E-state index in [1.54, 1.807) is 18.2 Å². The van der Waals surface area contributed by atoms with Crippen molar-refractivity contribution in [1.82, 2.24) is 15.3 Å². The molecule has 0 amide bonds. The van der Waals surface area contributed by atoms with Crippen molar-refractivity contribution in [1.29, 1.82) is 5.26 Å². The van der Waals surface area contributed by atoms with E-state index in [9.17, 15) is 5.26 Å². The van der Waals surface area contributed by atoms with Crippen molar-refractivity contribution in [2.24, 2.45) is 5.92 Å². The number of rotatable bonds is 8. The van der Waals surface area contributed by atoms with Crippen LogP contribution in [0.15, 0.2) is 24.3 Å². The summed E-state index contributed by atoms with van der Waals surface area (Å²) in [6, 6.07) is 10.0. The molecule has 1 saturated carbocycles. The summed E-state index contributed by atoms with van der Waals surface area (Å²) in [7, 11) is 0. The highest BCUT2D eigenvalue weighted by atomic mass is 15.2. The van der Waals surface area contributed by atoms with E-state index in [1.165, 1.54) is 25.7 Å². The van der Waals surface area contributed by atoms with Gasteiger partial charge >= 0.3 is 0 Å². The maximum absolute atomic E-state index is 9.21. The Kier molecular flexibility index (Phi) is 6.34. The standard InChI is InChI=1S/C23H31N7/c1-2-4-19-12-22(30-8-3-5-20(15-30)26-14-16-6-7-16)29-23(27-19)28-21-10-17(13-24)9-18(25)11-21/h9-12,16,20,26H,2-8,14-15,25H2,1H3,(H,27,28,29). The Labute approximate surface area is 178 Å². The zero-order chi connectivity index (χ0) is 20.9. The molecule has 1 unspecified atom stereocenters. The maximum Gasteiger partial charge on any atom is 0.229 e. The fraction of sp³-hybridized carbons (Fsp3) is 0.522. The van der Waals surface area contributed by atoms with Gasteiger partial charge in [0.1, 0.15) is 5.82 Å². The molecule has 0 spiro atoms. The summed E-state index contributed by atoms with van der Waals surface area (Å²) >= 11 is 0. The summed E-state index contributed by atoms with van der Waals surface area (Å²) in [5.41, 5.74) is 8.76. The van der Waals surface area contributed by atoms with E-state index in [2.05, 4.69) is 34.6 Å². The number of nitrogens with one attached hydrogen (secondary N) is 2. The summed E-state index contributed by atoms with van der Waals surface area (Å²) in [4.78, 5) is 11.9. The van der Waals surface area contributed by atoms with Gasteiger partial charge in [-0.25, -0.2) is 4.98 Å². The number of nitrogen functional groups attached to an aromatic ring is 1. The van der Waals surface area contributed by atoms with Crippen LogP contribution in [0.5, 0.6) is 0 Å². The second kappa shape index (κ2) is 9.31. The lowest BCUT2D eigenvalue weighted by Crippen LogP contribution is -2.46. The predicted molar refractivity (Wildman–Crippen MR) is 121 cm³/mol. The zero-order valence-electron chi connectivity index (χ0n) is 17.7. The lowest BCUT2D eigenvalue weighted by atomic mass is 10.1. The van der Waals surface area contributed by atoms with Gasteiger partial charge < -0.3 is 21.3 Å². The van der Waals surface area contributed by atoms with E-state index in [0.717, 1.165) is 55.6 Å².